The van der Waals surface area contributed by atoms with E-state index >= 15 is 0 Å². The number of amides is 1. The van der Waals surface area contributed by atoms with E-state index < -0.39 is 0 Å². The van der Waals surface area contributed by atoms with Gasteiger partial charge in [-0.2, -0.15) is 0 Å². The Kier molecular flexibility index (Phi) is 5.44. The Labute approximate surface area is 189 Å². The number of oxazole rings is 1. The van der Waals surface area contributed by atoms with Crippen molar-refractivity contribution in [1.29, 1.82) is 0 Å². The number of halogens is 1. The maximum Gasteiger partial charge on any atom is 0.226 e. The van der Waals surface area contributed by atoms with Crippen molar-refractivity contribution in [2.45, 2.75) is 19.8 Å². The van der Waals surface area contributed by atoms with Gasteiger partial charge in [-0.05, 0) is 30.7 Å². The molecular weight excluding hydrogens is 419 g/mol. The maximum absolute atomic E-state index is 14.0. The van der Waals surface area contributed by atoms with Gasteiger partial charge in [-0.25, -0.2) is 14.4 Å². The highest BCUT2D eigenvalue weighted by molar-refractivity contribution is 5.94. The molecule has 0 aliphatic carbocycles. The van der Waals surface area contributed by atoms with Crippen LogP contribution in [0.4, 0.5) is 10.2 Å². The minimum absolute atomic E-state index is 0.157. The molecule has 0 saturated carbocycles. The Bertz CT molecular complexity index is 1440. The molecule has 0 radical (unpaired) electrons. The summed E-state index contributed by atoms with van der Waals surface area (Å²) in [5, 5.41) is 3.01. The number of aromatic nitrogens is 3. The molecule has 2 aromatic carbocycles. The molecule has 0 atom stereocenters. The van der Waals surface area contributed by atoms with Gasteiger partial charge in [-0.1, -0.05) is 48.5 Å². The predicted octanol–water partition coefficient (Wildman–Crippen LogP) is 5.68. The molecule has 0 bridgehead atoms. The highest BCUT2D eigenvalue weighted by Gasteiger charge is 2.18. The molecule has 0 fully saturated rings. The molecule has 3 heterocycles. The fourth-order valence-electron chi connectivity index (χ4n) is 3.75. The van der Waals surface area contributed by atoms with E-state index in [-0.39, 0.29) is 24.6 Å². The Hall–Kier alpha value is -4.26. The first-order valence-corrected chi connectivity index (χ1v) is 10.6. The first-order chi connectivity index (χ1) is 16.1. The number of benzene rings is 2. The Balaban J connectivity index is 1.36. The molecular formula is C26H21FN4O2. The van der Waals surface area contributed by atoms with Crippen molar-refractivity contribution in [3.8, 4) is 22.6 Å². The molecule has 3 aromatic heterocycles. The van der Waals surface area contributed by atoms with Gasteiger partial charge in [0.05, 0.1) is 11.8 Å². The molecule has 0 aliphatic rings. The summed E-state index contributed by atoms with van der Waals surface area (Å²) in [6.45, 7) is 1.98. The minimum atomic E-state index is -0.380. The number of anilines is 1. The number of carbonyl (C=O) groups excluding carboxylic acids is 1. The summed E-state index contributed by atoms with van der Waals surface area (Å²) in [6, 6.07) is 20.0. The zero-order chi connectivity index (χ0) is 22.8. The number of nitrogens with zero attached hydrogens (tertiary/aromatic N) is 3. The average Bonchev–Trinajstić information content (AvgIpc) is 3.45. The lowest BCUT2D eigenvalue weighted by Crippen LogP contribution is -2.14. The average molecular weight is 440 g/mol. The summed E-state index contributed by atoms with van der Waals surface area (Å²) in [5.74, 6) is 0.757. The highest BCUT2D eigenvalue weighted by atomic mass is 19.1. The number of aryl methyl sites for hydroxylation is 2. The number of pyridine rings is 1. The smallest absolute Gasteiger partial charge is 0.226 e. The van der Waals surface area contributed by atoms with Crippen molar-refractivity contribution in [3.63, 3.8) is 0 Å². The van der Waals surface area contributed by atoms with Crippen LogP contribution in [0.1, 0.15) is 17.9 Å². The van der Waals surface area contributed by atoms with Gasteiger partial charge < -0.3 is 9.73 Å². The molecule has 33 heavy (non-hydrogen) atoms. The normalized spacial score (nSPS) is 11.1. The van der Waals surface area contributed by atoms with Crippen molar-refractivity contribution < 1.29 is 13.6 Å². The second-order valence-electron chi connectivity index (χ2n) is 7.71. The largest absolute Gasteiger partial charge is 0.441 e. The summed E-state index contributed by atoms with van der Waals surface area (Å²) < 4.78 is 21.5. The van der Waals surface area contributed by atoms with E-state index in [1.165, 1.54) is 12.3 Å². The quantitative estimate of drug-likeness (QED) is 0.369. The lowest BCUT2D eigenvalue weighted by Gasteiger charge is -2.08. The van der Waals surface area contributed by atoms with Gasteiger partial charge in [-0.15, -0.1) is 0 Å². The minimum Gasteiger partial charge on any atom is -0.441 e. The summed E-state index contributed by atoms with van der Waals surface area (Å²) in [6.07, 6.45) is 3.81. The number of fused-ring (bicyclic) bond motifs is 1. The van der Waals surface area contributed by atoms with Gasteiger partial charge in [0.25, 0.3) is 0 Å². The third-order valence-corrected chi connectivity index (χ3v) is 5.41. The summed E-state index contributed by atoms with van der Waals surface area (Å²) >= 11 is 0. The fraction of sp³-hybridized carbons (Fsp3) is 0.115. The van der Waals surface area contributed by atoms with Crippen LogP contribution in [-0.4, -0.2) is 20.3 Å². The van der Waals surface area contributed by atoms with Gasteiger partial charge in [0.15, 0.2) is 11.7 Å². The number of hydrogen-bond donors (Lipinski definition) is 1. The lowest BCUT2D eigenvalue weighted by molar-refractivity contribution is -0.116. The van der Waals surface area contributed by atoms with E-state index in [9.17, 15) is 9.18 Å². The van der Waals surface area contributed by atoms with Gasteiger partial charge in [-0.3, -0.25) is 9.20 Å². The summed E-state index contributed by atoms with van der Waals surface area (Å²) in [7, 11) is 0. The Morgan fingerprint density at radius 3 is 2.67 bits per heavy atom. The number of rotatable bonds is 6. The second kappa shape index (κ2) is 8.70. The van der Waals surface area contributed by atoms with E-state index in [2.05, 4.69) is 10.3 Å². The molecule has 1 N–H and O–H groups in total. The number of hydrogen-bond acceptors (Lipinski definition) is 4. The van der Waals surface area contributed by atoms with Gasteiger partial charge >= 0.3 is 0 Å². The molecule has 0 spiro atoms. The number of nitrogens with one attached hydrogen (secondary N) is 1. The maximum atomic E-state index is 14.0. The van der Waals surface area contributed by atoms with Gasteiger partial charge in [0.1, 0.15) is 23.0 Å². The zero-order valence-electron chi connectivity index (χ0n) is 18.0. The predicted molar refractivity (Wildman–Crippen MR) is 124 cm³/mol. The van der Waals surface area contributed by atoms with Crippen LogP contribution in [0.3, 0.4) is 0 Å². The van der Waals surface area contributed by atoms with Crippen molar-refractivity contribution >= 4 is 17.4 Å². The number of imidazole rings is 1. The lowest BCUT2D eigenvalue weighted by atomic mass is 10.1. The van der Waals surface area contributed by atoms with Crippen LogP contribution in [-0.2, 0) is 11.2 Å². The third kappa shape index (κ3) is 4.13. The third-order valence-electron chi connectivity index (χ3n) is 5.41. The van der Waals surface area contributed by atoms with Crippen LogP contribution in [0.2, 0.25) is 0 Å². The molecule has 1 amide bonds. The van der Waals surface area contributed by atoms with Gasteiger partial charge in [0.2, 0.25) is 5.91 Å². The fourth-order valence-corrected chi connectivity index (χ4v) is 3.75. The molecule has 0 unspecified atom stereocenters. The van der Waals surface area contributed by atoms with Crippen molar-refractivity contribution in [2.75, 3.05) is 5.32 Å². The first kappa shape index (κ1) is 20.6. The van der Waals surface area contributed by atoms with Crippen LogP contribution in [0.5, 0.6) is 0 Å². The summed E-state index contributed by atoms with van der Waals surface area (Å²) in [5.41, 5.74) is 3.76. The van der Waals surface area contributed by atoms with E-state index in [0.717, 1.165) is 16.8 Å². The monoisotopic (exact) mass is 440 g/mol. The van der Waals surface area contributed by atoms with E-state index in [0.29, 0.717) is 28.7 Å². The van der Waals surface area contributed by atoms with E-state index in [1.54, 1.807) is 18.2 Å². The number of carbonyl (C=O) groups is 1. The first-order valence-electron chi connectivity index (χ1n) is 10.6. The zero-order valence-corrected chi connectivity index (χ0v) is 18.0. The summed E-state index contributed by atoms with van der Waals surface area (Å²) in [4.78, 5) is 21.8. The van der Waals surface area contributed by atoms with Gasteiger partial charge in [0, 0.05) is 24.6 Å². The van der Waals surface area contributed by atoms with Crippen LogP contribution in [0.15, 0.2) is 83.5 Å². The molecule has 0 saturated heterocycles. The van der Waals surface area contributed by atoms with E-state index in [1.807, 2.05) is 60.0 Å². The van der Waals surface area contributed by atoms with Crippen LogP contribution in [0, 0.1) is 12.7 Å². The van der Waals surface area contributed by atoms with Crippen LogP contribution >= 0.6 is 0 Å². The van der Waals surface area contributed by atoms with Crippen LogP contribution < -0.4 is 5.32 Å². The van der Waals surface area contributed by atoms with Crippen molar-refractivity contribution in [1.82, 2.24) is 14.4 Å². The topological polar surface area (TPSA) is 72.4 Å². The van der Waals surface area contributed by atoms with Crippen LogP contribution in [0.25, 0.3) is 28.2 Å². The molecule has 164 valence electrons. The molecule has 7 heteroatoms. The second-order valence-corrected chi connectivity index (χ2v) is 7.71. The molecule has 6 nitrogen and oxygen atoms in total. The van der Waals surface area contributed by atoms with Crippen molar-refractivity contribution in [3.05, 3.63) is 96.4 Å². The molecule has 5 rings (SSSR count). The Morgan fingerprint density at radius 1 is 1.06 bits per heavy atom. The highest BCUT2D eigenvalue weighted by Crippen LogP contribution is 2.30. The molecule has 5 aromatic rings. The van der Waals surface area contributed by atoms with Crippen molar-refractivity contribution in [2.24, 2.45) is 0 Å². The standard InChI is InChI=1S/C26H21FN4O2/c1-17-8-7-15-31-25(17)30-24(18-9-3-2-4-10-18)26(31)29-22(32)13-14-23-28-16-21(33-23)19-11-5-6-12-20(19)27/h2-12,15-16H,13-14H2,1H3,(H,29,32). The SMILES string of the molecule is Cc1cccn2c(NC(=O)CCc3ncc(-c4ccccc4F)o3)c(-c3ccccc3)nc12. The Morgan fingerprint density at radius 2 is 1.85 bits per heavy atom. The van der Waals surface area contributed by atoms with E-state index in [4.69, 9.17) is 9.40 Å². The molecule has 0 aliphatic heterocycles.